The summed E-state index contributed by atoms with van der Waals surface area (Å²) >= 11 is 0. The Balaban J connectivity index is 2.16. The molecular formula is C11H10NO3. The second-order valence-electron chi connectivity index (χ2n) is 3.07. The zero-order chi connectivity index (χ0) is 10.7. The van der Waals surface area contributed by atoms with Crippen molar-refractivity contribution in [2.45, 2.75) is 6.10 Å². The number of nitrogens with one attached hydrogen (secondary N) is 1. The van der Waals surface area contributed by atoms with Gasteiger partial charge in [0, 0.05) is 0 Å². The lowest BCUT2D eigenvalue weighted by Crippen LogP contribution is -2.05. The van der Waals surface area contributed by atoms with Crippen molar-refractivity contribution in [1.82, 2.24) is 5.48 Å². The predicted octanol–water partition coefficient (Wildman–Crippen LogP) is 1.37. The second kappa shape index (κ2) is 4.14. The summed E-state index contributed by atoms with van der Waals surface area (Å²) in [5, 5.41) is 0. The Morgan fingerprint density at radius 1 is 1.47 bits per heavy atom. The van der Waals surface area contributed by atoms with E-state index in [9.17, 15) is 4.79 Å². The molecule has 0 amide bonds. The van der Waals surface area contributed by atoms with Crippen molar-refractivity contribution in [3.63, 3.8) is 0 Å². The number of benzene rings is 1. The van der Waals surface area contributed by atoms with Gasteiger partial charge in [-0.25, -0.2) is 4.79 Å². The molecule has 1 N–H and O–H groups in total. The molecule has 4 heteroatoms. The number of methoxy groups -OCH3 is 1. The molecule has 1 radical (unpaired) electrons. The van der Waals surface area contributed by atoms with Gasteiger partial charge in [-0.2, -0.15) is 0 Å². The highest BCUT2D eigenvalue weighted by Gasteiger charge is 2.13. The van der Waals surface area contributed by atoms with Crippen LogP contribution in [0.5, 0.6) is 0 Å². The fourth-order valence-electron chi connectivity index (χ4n) is 1.33. The highest BCUT2D eigenvalue weighted by molar-refractivity contribution is 5.89. The summed E-state index contributed by atoms with van der Waals surface area (Å²) in [4.78, 5) is 16.3. The molecule has 4 nitrogen and oxygen atoms in total. The molecule has 1 atom stereocenters. The molecule has 1 aliphatic heterocycles. The van der Waals surface area contributed by atoms with Crippen LogP contribution in [0.1, 0.15) is 22.0 Å². The van der Waals surface area contributed by atoms with Gasteiger partial charge < -0.3 is 4.74 Å². The molecule has 1 heterocycles. The molecule has 0 bridgehead atoms. The lowest BCUT2D eigenvalue weighted by Gasteiger charge is -2.07. The van der Waals surface area contributed by atoms with Crippen LogP contribution in [0.3, 0.4) is 0 Å². The van der Waals surface area contributed by atoms with Crippen LogP contribution < -0.4 is 5.48 Å². The third kappa shape index (κ3) is 1.99. The summed E-state index contributed by atoms with van der Waals surface area (Å²) in [7, 11) is 1.36. The summed E-state index contributed by atoms with van der Waals surface area (Å²) in [6.07, 6.45) is 4.36. The van der Waals surface area contributed by atoms with Gasteiger partial charge in [0.2, 0.25) is 0 Å². The zero-order valence-corrected chi connectivity index (χ0v) is 8.19. The highest BCUT2D eigenvalue weighted by Crippen LogP contribution is 2.20. The molecule has 2 rings (SSSR count). The Morgan fingerprint density at radius 3 is 2.73 bits per heavy atom. The number of hydroxylamine groups is 1. The van der Waals surface area contributed by atoms with Gasteiger partial charge in [0.05, 0.1) is 18.9 Å². The molecule has 1 aromatic carbocycles. The van der Waals surface area contributed by atoms with Crippen molar-refractivity contribution in [2.75, 3.05) is 7.11 Å². The Hall–Kier alpha value is -1.81. The molecule has 1 aromatic rings. The minimum absolute atomic E-state index is 0.142. The van der Waals surface area contributed by atoms with Gasteiger partial charge in [0.1, 0.15) is 6.10 Å². The Labute approximate surface area is 87.5 Å². The maximum absolute atomic E-state index is 11.2. The van der Waals surface area contributed by atoms with E-state index in [0.717, 1.165) is 5.56 Å². The average Bonchev–Trinajstić information content (AvgIpc) is 2.82. The van der Waals surface area contributed by atoms with E-state index in [1.165, 1.54) is 7.11 Å². The van der Waals surface area contributed by atoms with E-state index in [1.807, 2.05) is 12.1 Å². The van der Waals surface area contributed by atoms with Crippen molar-refractivity contribution in [3.05, 3.63) is 47.7 Å². The Kier molecular flexibility index (Phi) is 2.69. The minimum atomic E-state index is -0.339. The monoisotopic (exact) mass is 204 g/mol. The fourth-order valence-corrected chi connectivity index (χ4v) is 1.33. The number of carbonyl (C=O) groups is 1. The maximum Gasteiger partial charge on any atom is 0.337 e. The third-order valence-electron chi connectivity index (χ3n) is 2.14. The van der Waals surface area contributed by atoms with E-state index in [2.05, 4.69) is 16.4 Å². The smallest absolute Gasteiger partial charge is 0.337 e. The normalized spacial score (nSPS) is 18.6. The number of esters is 1. The van der Waals surface area contributed by atoms with Crippen LogP contribution in [0.15, 0.2) is 30.3 Å². The zero-order valence-electron chi connectivity index (χ0n) is 8.19. The summed E-state index contributed by atoms with van der Waals surface area (Å²) < 4.78 is 4.60. The summed E-state index contributed by atoms with van der Waals surface area (Å²) in [6.45, 7) is 0. The van der Waals surface area contributed by atoms with Gasteiger partial charge in [-0.05, 0) is 23.8 Å². The number of ether oxygens (including phenoxy) is 1. The van der Waals surface area contributed by atoms with Crippen LogP contribution >= 0.6 is 0 Å². The largest absolute Gasteiger partial charge is 0.465 e. The number of hydrogen-bond donors (Lipinski definition) is 1. The van der Waals surface area contributed by atoms with Crippen molar-refractivity contribution in [2.24, 2.45) is 0 Å². The summed E-state index contributed by atoms with van der Waals surface area (Å²) in [5.41, 5.74) is 4.01. The molecule has 0 aromatic heterocycles. The van der Waals surface area contributed by atoms with Crippen LogP contribution in [-0.4, -0.2) is 13.1 Å². The quantitative estimate of drug-likeness (QED) is 0.739. The highest BCUT2D eigenvalue weighted by atomic mass is 16.7. The van der Waals surface area contributed by atoms with Gasteiger partial charge in [-0.15, -0.1) is 0 Å². The van der Waals surface area contributed by atoms with Gasteiger partial charge in [-0.1, -0.05) is 12.1 Å². The summed E-state index contributed by atoms with van der Waals surface area (Å²) in [5.74, 6) is -0.339. The third-order valence-corrected chi connectivity index (χ3v) is 2.14. The van der Waals surface area contributed by atoms with Gasteiger partial charge in [-0.3, -0.25) is 10.3 Å². The Morgan fingerprint density at radius 2 is 2.20 bits per heavy atom. The van der Waals surface area contributed by atoms with Crippen molar-refractivity contribution < 1.29 is 14.4 Å². The number of carbonyl (C=O) groups excluding carboxylic acids is 1. The molecule has 1 unspecified atom stereocenters. The van der Waals surface area contributed by atoms with Crippen molar-refractivity contribution in [3.8, 4) is 0 Å². The maximum atomic E-state index is 11.2. The average molecular weight is 204 g/mol. The molecule has 15 heavy (non-hydrogen) atoms. The molecular weight excluding hydrogens is 194 g/mol. The first-order valence-corrected chi connectivity index (χ1v) is 4.49. The van der Waals surface area contributed by atoms with Crippen LogP contribution in [0.4, 0.5) is 0 Å². The predicted molar refractivity (Wildman–Crippen MR) is 52.6 cm³/mol. The number of hydrogen-bond acceptors (Lipinski definition) is 4. The first-order chi connectivity index (χ1) is 7.31. The molecule has 0 saturated heterocycles. The molecule has 0 aliphatic carbocycles. The Bertz CT molecular complexity index is 383. The van der Waals surface area contributed by atoms with Crippen LogP contribution in [0.2, 0.25) is 0 Å². The van der Waals surface area contributed by atoms with E-state index in [-0.39, 0.29) is 12.1 Å². The van der Waals surface area contributed by atoms with Crippen LogP contribution in [0.25, 0.3) is 0 Å². The molecule has 0 fully saturated rings. The van der Waals surface area contributed by atoms with Crippen molar-refractivity contribution >= 4 is 5.97 Å². The SMILES string of the molecule is COC(=O)c1ccc(C2C=[C]NO2)cc1. The first-order valence-electron chi connectivity index (χ1n) is 4.49. The van der Waals surface area contributed by atoms with E-state index in [0.29, 0.717) is 5.56 Å². The van der Waals surface area contributed by atoms with E-state index < -0.39 is 0 Å². The minimum Gasteiger partial charge on any atom is -0.465 e. The van der Waals surface area contributed by atoms with Gasteiger partial charge in [0.25, 0.3) is 0 Å². The van der Waals surface area contributed by atoms with Crippen LogP contribution in [0, 0.1) is 6.20 Å². The fraction of sp³-hybridized carbons (Fsp3) is 0.182. The first kappa shape index (κ1) is 9.73. The van der Waals surface area contributed by atoms with E-state index in [1.54, 1.807) is 18.2 Å². The van der Waals surface area contributed by atoms with Gasteiger partial charge >= 0.3 is 5.97 Å². The lowest BCUT2D eigenvalue weighted by molar-refractivity contribution is 0.0438. The molecule has 0 saturated carbocycles. The topological polar surface area (TPSA) is 47.6 Å². The van der Waals surface area contributed by atoms with E-state index >= 15 is 0 Å². The molecule has 77 valence electrons. The molecule has 0 spiro atoms. The van der Waals surface area contributed by atoms with E-state index in [4.69, 9.17) is 4.84 Å². The summed E-state index contributed by atoms with van der Waals surface area (Å²) in [6, 6.07) is 7.05. The number of rotatable bonds is 2. The standard InChI is InChI=1S/C11H10NO3/c1-14-11(13)9-4-2-8(3-5-9)10-6-7-12-15-10/h2-6,10,12H,1H3. The molecule has 1 aliphatic rings. The van der Waals surface area contributed by atoms with Gasteiger partial charge in [0.15, 0.2) is 0 Å². The van der Waals surface area contributed by atoms with Crippen molar-refractivity contribution in [1.29, 1.82) is 0 Å². The second-order valence-corrected chi connectivity index (χ2v) is 3.07. The lowest BCUT2D eigenvalue weighted by atomic mass is 10.1. The van der Waals surface area contributed by atoms with Crippen LogP contribution in [-0.2, 0) is 9.57 Å².